The van der Waals surface area contributed by atoms with Gasteiger partial charge >= 0.3 is 0 Å². The van der Waals surface area contributed by atoms with Crippen LogP contribution in [0.3, 0.4) is 0 Å². The Kier molecular flexibility index (Phi) is 4.80. The van der Waals surface area contributed by atoms with E-state index in [0.717, 1.165) is 12.2 Å². The van der Waals surface area contributed by atoms with E-state index in [1.807, 2.05) is 6.07 Å². The molecule has 106 valence electrons. The molecule has 0 aromatic heterocycles. The van der Waals surface area contributed by atoms with Crippen molar-refractivity contribution in [3.63, 3.8) is 0 Å². The molecule has 0 aliphatic rings. The molecule has 2 rings (SSSR count). The van der Waals surface area contributed by atoms with Gasteiger partial charge in [-0.25, -0.2) is 0 Å². The maximum Gasteiger partial charge on any atom is 0.122 e. The van der Waals surface area contributed by atoms with Crippen LogP contribution >= 0.6 is 0 Å². The van der Waals surface area contributed by atoms with Gasteiger partial charge in [0, 0.05) is 5.92 Å². The monoisotopic (exact) mass is 269 g/mol. The Balaban J connectivity index is 2.28. The van der Waals surface area contributed by atoms with Crippen LogP contribution in [0, 0.1) is 13.8 Å². The zero-order valence-corrected chi connectivity index (χ0v) is 12.5. The molecule has 1 unspecified atom stereocenters. The van der Waals surface area contributed by atoms with E-state index in [1.54, 1.807) is 7.11 Å². The van der Waals surface area contributed by atoms with Gasteiger partial charge in [-0.2, -0.15) is 0 Å². The van der Waals surface area contributed by atoms with Crippen molar-refractivity contribution < 1.29 is 4.74 Å². The number of ether oxygens (including phenoxy) is 1. The highest BCUT2D eigenvalue weighted by molar-refractivity contribution is 5.39. The Morgan fingerprint density at radius 2 is 1.80 bits per heavy atom. The molecule has 2 nitrogen and oxygen atoms in total. The zero-order valence-electron chi connectivity index (χ0n) is 12.5. The summed E-state index contributed by atoms with van der Waals surface area (Å²) in [5.41, 5.74) is 11.0. The normalized spacial score (nSPS) is 12.2. The Labute approximate surface area is 121 Å². The summed E-state index contributed by atoms with van der Waals surface area (Å²) in [4.78, 5) is 0. The van der Waals surface area contributed by atoms with Crippen LogP contribution < -0.4 is 10.5 Å². The maximum absolute atomic E-state index is 5.99. The lowest BCUT2D eigenvalue weighted by atomic mass is 9.90. The lowest BCUT2D eigenvalue weighted by Gasteiger charge is -2.18. The maximum atomic E-state index is 5.99. The zero-order chi connectivity index (χ0) is 14.5. The first-order valence-electron chi connectivity index (χ1n) is 7.04. The molecule has 0 aliphatic heterocycles. The Bertz CT molecular complexity index is 577. The van der Waals surface area contributed by atoms with E-state index in [9.17, 15) is 0 Å². The quantitative estimate of drug-likeness (QED) is 0.900. The fourth-order valence-corrected chi connectivity index (χ4v) is 2.59. The second kappa shape index (κ2) is 6.58. The molecule has 0 spiro atoms. The number of aryl methyl sites for hydroxylation is 2. The molecule has 1 atom stereocenters. The number of hydrogen-bond acceptors (Lipinski definition) is 2. The molecular formula is C18H23NO. The van der Waals surface area contributed by atoms with Gasteiger partial charge in [-0.05, 0) is 44.0 Å². The van der Waals surface area contributed by atoms with Crippen molar-refractivity contribution in [3.05, 3.63) is 64.7 Å². The van der Waals surface area contributed by atoms with E-state index in [0.29, 0.717) is 12.5 Å². The third kappa shape index (κ3) is 3.40. The predicted octanol–water partition coefficient (Wildman–Crippen LogP) is 3.60. The van der Waals surface area contributed by atoms with Crippen LogP contribution in [0.2, 0.25) is 0 Å². The fourth-order valence-electron chi connectivity index (χ4n) is 2.59. The topological polar surface area (TPSA) is 35.2 Å². The number of nitrogens with two attached hydrogens (primary N) is 1. The molecule has 0 heterocycles. The first-order chi connectivity index (χ1) is 9.63. The van der Waals surface area contributed by atoms with Crippen molar-refractivity contribution in [3.8, 4) is 5.75 Å². The molecule has 0 fully saturated rings. The average molecular weight is 269 g/mol. The smallest absolute Gasteiger partial charge is 0.122 e. The predicted molar refractivity (Wildman–Crippen MR) is 84.4 cm³/mol. The highest BCUT2D eigenvalue weighted by Crippen LogP contribution is 2.27. The Morgan fingerprint density at radius 1 is 1.05 bits per heavy atom. The Morgan fingerprint density at radius 3 is 2.45 bits per heavy atom. The van der Waals surface area contributed by atoms with E-state index < -0.39 is 0 Å². The van der Waals surface area contributed by atoms with Crippen LogP contribution in [0.25, 0.3) is 0 Å². The molecule has 0 aliphatic carbocycles. The van der Waals surface area contributed by atoms with Gasteiger partial charge in [-0.15, -0.1) is 0 Å². The third-order valence-corrected chi connectivity index (χ3v) is 3.70. The van der Waals surface area contributed by atoms with E-state index in [2.05, 4.69) is 50.2 Å². The lowest BCUT2D eigenvalue weighted by Crippen LogP contribution is -2.15. The van der Waals surface area contributed by atoms with Crippen molar-refractivity contribution in [2.75, 3.05) is 13.7 Å². The number of rotatable bonds is 5. The highest BCUT2D eigenvalue weighted by atomic mass is 16.5. The van der Waals surface area contributed by atoms with Gasteiger partial charge in [-0.1, -0.05) is 47.5 Å². The molecule has 0 saturated carbocycles. The minimum atomic E-state index is 0.325. The summed E-state index contributed by atoms with van der Waals surface area (Å²) in [6.45, 7) is 4.86. The second-order valence-electron chi connectivity index (χ2n) is 5.37. The van der Waals surface area contributed by atoms with Crippen LogP contribution in [0.4, 0.5) is 0 Å². The van der Waals surface area contributed by atoms with Crippen molar-refractivity contribution in [2.24, 2.45) is 5.73 Å². The van der Waals surface area contributed by atoms with Gasteiger partial charge < -0.3 is 10.5 Å². The first-order valence-corrected chi connectivity index (χ1v) is 7.04. The summed E-state index contributed by atoms with van der Waals surface area (Å²) in [5.74, 6) is 1.27. The van der Waals surface area contributed by atoms with Crippen molar-refractivity contribution in [1.82, 2.24) is 0 Å². The molecule has 2 aromatic carbocycles. The van der Waals surface area contributed by atoms with Gasteiger partial charge in [0.15, 0.2) is 0 Å². The van der Waals surface area contributed by atoms with Crippen molar-refractivity contribution in [1.29, 1.82) is 0 Å². The molecule has 2 heteroatoms. The minimum Gasteiger partial charge on any atom is -0.496 e. The Hall–Kier alpha value is -1.80. The van der Waals surface area contributed by atoms with Crippen LogP contribution in [0.1, 0.15) is 28.2 Å². The number of methoxy groups -OCH3 is 1. The SMILES string of the molecule is COc1ccc(C)cc1CC(CN)c1cccc(C)c1. The summed E-state index contributed by atoms with van der Waals surface area (Å²) in [7, 11) is 1.72. The molecule has 0 amide bonds. The largest absolute Gasteiger partial charge is 0.496 e. The molecular weight excluding hydrogens is 246 g/mol. The summed E-state index contributed by atoms with van der Waals surface area (Å²) >= 11 is 0. The van der Waals surface area contributed by atoms with Gasteiger partial charge in [0.05, 0.1) is 7.11 Å². The van der Waals surface area contributed by atoms with Gasteiger partial charge in [0.2, 0.25) is 0 Å². The third-order valence-electron chi connectivity index (χ3n) is 3.70. The van der Waals surface area contributed by atoms with Crippen molar-refractivity contribution >= 4 is 0 Å². The van der Waals surface area contributed by atoms with E-state index >= 15 is 0 Å². The van der Waals surface area contributed by atoms with Crippen LogP contribution in [-0.2, 0) is 6.42 Å². The second-order valence-corrected chi connectivity index (χ2v) is 5.37. The summed E-state index contributed by atoms with van der Waals surface area (Å²) in [6, 6.07) is 14.9. The van der Waals surface area contributed by atoms with E-state index in [1.165, 1.54) is 22.3 Å². The lowest BCUT2D eigenvalue weighted by molar-refractivity contribution is 0.408. The summed E-state index contributed by atoms with van der Waals surface area (Å²) < 4.78 is 5.46. The molecule has 20 heavy (non-hydrogen) atoms. The molecule has 0 radical (unpaired) electrons. The summed E-state index contributed by atoms with van der Waals surface area (Å²) in [5, 5.41) is 0. The van der Waals surface area contributed by atoms with Crippen LogP contribution in [0.5, 0.6) is 5.75 Å². The number of benzene rings is 2. The first kappa shape index (κ1) is 14.6. The van der Waals surface area contributed by atoms with Crippen LogP contribution in [-0.4, -0.2) is 13.7 Å². The summed E-state index contributed by atoms with van der Waals surface area (Å²) in [6.07, 6.45) is 0.908. The van der Waals surface area contributed by atoms with E-state index in [4.69, 9.17) is 10.5 Å². The molecule has 0 bridgehead atoms. The highest BCUT2D eigenvalue weighted by Gasteiger charge is 2.14. The van der Waals surface area contributed by atoms with E-state index in [-0.39, 0.29) is 0 Å². The molecule has 0 saturated heterocycles. The standard InChI is InChI=1S/C18H23NO/c1-13-5-4-6-15(9-13)17(12-19)11-16-10-14(2)7-8-18(16)20-3/h4-10,17H,11-12,19H2,1-3H3. The minimum absolute atomic E-state index is 0.325. The van der Waals surface area contributed by atoms with Gasteiger partial charge in [0.1, 0.15) is 5.75 Å². The van der Waals surface area contributed by atoms with Gasteiger partial charge in [-0.3, -0.25) is 0 Å². The van der Waals surface area contributed by atoms with Gasteiger partial charge in [0.25, 0.3) is 0 Å². The van der Waals surface area contributed by atoms with Crippen molar-refractivity contribution in [2.45, 2.75) is 26.2 Å². The van der Waals surface area contributed by atoms with Crippen LogP contribution in [0.15, 0.2) is 42.5 Å². The fraction of sp³-hybridized carbons (Fsp3) is 0.333. The molecule has 2 N–H and O–H groups in total. The number of hydrogen-bond donors (Lipinski definition) is 1. The average Bonchev–Trinajstić information content (AvgIpc) is 2.45. The molecule has 2 aromatic rings.